The number of amides is 1. The molecule has 7 nitrogen and oxygen atoms in total. The molecule has 2 heterocycles. The van der Waals surface area contributed by atoms with E-state index in [4.69, 9.17) is 21.1 Å². The first-order valence-electron chi connectivity index (χ1n) is 9.63. The van der Waals surface area contributed by atoms with Crippen molar-refractivity contribution in [2.45, 2.75) is 32.4 Å². The van der Waals surface area contributed by atoms with Crippen LogP contribution in [-0.2, 0) is 17.9 Å². The van der Waals surface area contributed by atoms with Crippen molar-refractivity contribution in [3.8, 4) is 11.5 Å². The fourth-order valence-electron chi connectivity index (χ4n) is 3.50. The molecule has 1 fully saturated rings. The SMILES string of the molecule is COc1ccc(Cl)cc1NC(=O)Cn1cc(OC)c(=O)cc1CN1CCCCC1. The summed E-state index contributed by atoms with van der Waals surface area (Å²) in [7, 11) is 2.98. The van der Waals surface area contributed by atoms with Gasteiger partial charge in [0.1, 0.15) is 12.3 Å². The zero-order valence-corrected chi connectivity index (χ0v) is 17.5. The normalized spacial score (nSPS) is 14.4. The van der Waals surface area contributed by atoms with Crippen LogP contribution < -0.4 is 20.2 Å². The van der Waals surface area contributed by atoms with Gasteiger partial charge in [0.05, 0.1) is 26.1 Å². The van der Waals surface area contributed by atoms with Crippen molar-refractivity contribution in [2.75, 3.05) is 32.6 Å². The minimum absolute atomic E-state index is 0.0372. The molecule has 8 heteroatoms. The molecular formula is C21H26ClN3O4. The van der Waals surface area contributed by atoms with Gasteiger partial charge in [-0.3, -0.25) is 14.5 Å². The van der Waals surface area contributed by atoms with Crippen LogP contribution in [0.2, 0.25) is 5.02 Å². The first kappa shape index (κ1) is 21.2. The van der Waals surface area contributed by atoms with Crippen molar-refractivity contribution in [1.82, 2.24) is 9.47 Å². The topological polar surface area (TPSA) is 72.8 Å². The summed E-state index contributed by atoms with van der Waals surface area (Å²) in [5.41, 5.74) is 1.09. The molecule has 3 rings (SSSR count). The van der Waals surface area contributed by atoms with Gasteiger partial charge in [-0.2, -0.15) is 0 Å². The van der Waals surface area contributed by atoms with Gasteiger partial charge in [0.2, 0.25) is 11.3 Å². The number of piperidine rings is 1. The predicted molar refractivity (Wildman–Crippen MR) is 113 cm³/mol. The molecular weight excluding hydrogens is 394 g/mol. The lowest BCUT2D eigenvalue weighted by atomic mass is 10.1. The first-order chi connectivity index (χ1) is 14.0. The van der Waals surface area contributed by atoms with Crippen LogP contribution in [0.1, 0.15) is 25.0 Å². The van der Waals surface area contributed by atoms with E-state index < -0.39 is 0 Å². The fraction of sp³-hybridized carbons (Fsp3) is 0.429. The van der Waals surface area contributed by atoms with Gasteiger partial charge in [0.25, 0.3) is 0 Å². The van der Waals surface area contributed by atoms with Crippen LogP contribution in [0.4, 0.5) is 5.69 Å². The summed E-state index contributed by atoms with van der Waals surface area (Å²) in [6.07, 6.45) is 5.12. The molecule has 0 saturated carbocycles. The number of halogens is 1. The molecule has 1 saturated heterocycles. The first-order valence-corrected chi connectivity index (χ1v) is 10.0. The van der Waals surface area contributed by atoms with Gasteiger partial charge in [-0.1, -0.05) is 18.0 Å². The third kappa shape index (κ3) is 5.52. The van der Waals surface area contributed by atoms with Gasteiger partial charge in [0.15, 0.2) is 5.75 Å². The van der Waals surface area contributed by atoms with Crippen LogP contribution in [0.3, 0.4) is 0 Å². The molecule has 2 aromatic rings. The van der Waals surface area contributed by atoms with Crippen molar-refractivity contribution in [3.63, 3.8) is 0 Å². The number of likely N-dealkylation sites (tertiary alicyclic amines) is 1. The minimum atomic E-state index is -0.254. The van der Waals surface area contributed by atoms with Gasteiger partial charge in [0, 0.05) is 23.3 Å². The standard InChI is InChI=1S/C21H26ClN3O4/c1-28-19-7-6-15(22)10-17(19)23-21(27)14-25-13-20(29-2)18(26)11-16(25)12-24-8-4-3-5-9-24/h6-7,10-11,13H,3-5,8-9,12,14H2,1-2H3,(H,23,27). The van der Waals surface area contributed by atoms with E-state index in [0.29, 0.717) is 23.0 Å². The Bertz CT molecular complexity index is 923. The van der Waals surface area contributed by atoms with E-state index in [1.807, 2.05) is 0 Å². The van der Waals surface area contributed by atoms with Crippen LogP contribution in [0.25, 0.3) is 0 Å². The molecule has 1 aromatic heterocycles. The lowest BCUT2D eigenvalue weighted by Crippen LogP contribution is -2.32. The molecule has 1 aliphatic heterocycles. The third-order valence-electron chi connectivity index (χ3n) is 4.99. The lowest BCUT2D eigenvalue weighted by Gasteiger charge is -2.27. The van der Waals surface area contributed by atoms with E-state index in [2.05, 4.69) is 10.2 Å². The third-order valence-corrected chi connectivity index (χ3v) is 5.22. The molecule has 0 atom stereocenters. The number of ether oxygens (including phenoxy) is 2. The molecule has 0 bridgehead atoms. The summed E-state index contributed by atoms with van der Waals surface area (Å²) in [4.78, 5) is 27.3. The number of pyridine rings is 1. The van der Waals surface area contributed by atoms with Crippen LogP contribution in [0, 0.1) is 0 Å². The predicted octanol–water partition coefficient (Wildman–Crippen LogP) is 3.14. The number of methoxy groups -OCH3 is 2. The molecule has 1 aliphatic rings. The summed E-state index contributed by atoms with van der Waals surface area (Å²) in [5, 5.41) is 3.33. The number of nitrogens with one attached hydrogen (secondary N) is 1. The maximum absolute atomic E-state index is 12.7. The highest BCUT2D eigenvalue weighted by Gasteiger charge is 2.16. The van der Waals surface area contributed by atoms with Gasteiger partial charge in [-0.05, 0) is 44.1 Å². The fourth-order valence-corrected chi connectivity index (χ4v) is 3.67. The number of anilines is 1. The quantitative estimate of drug-likeness (QED) is 0.746. The molecule has 0 unspecified atom stereocenters. The number of nitrogens with zero attached hydrogens (tertiary/aromatic N) is 2. The number of carbonyl (C=O) groups excluding carboxylic acids is 1. The van der Waals surface area contributed by atoms with E-state index in [1.165, 1.54) is 20.6 Å². The van der Waals surface area contributed by atoms with E-state index in [0.717, 1.165) is 31.6 Å². The van der Waals surface area contributed by atoms with E-state index in [9.17, 15) is 9.59 Å². The van der Waals surface area contributed by atoms with E-state index in [1.54, 1.807) is 35.0 Å². The smallest absolute Gasteiger partial charge is 0.244 e. The highest BCUT2D eigenvalue weighted by molar-refractivity contribution is 6.31. The Balaban J connectivity index is 1.81. The average molecular weight is 420 g/mol. The van der Waals surface area contributed by atoms with Crippen LogP contribution in [0.15, 0.2) is 35.3 Å². The van der Waals surface area contributed by atoms with Crippen molar-refractivity contribution in [3.05, 3.63) is 51.4 Å². The molecule has 0 spiro atoms. The van der Waals surface area contributed by atoms with Crippen molar-refractivity contribution in [2.24, 2.45) is 0 Å². The number of aromatic nitrogens is 1. The van der Waals surface area contributed by atoms with Crippen LogP contribution >= 0.6 is 11.6 Å². The molecule has 0 aliphatic carbocycles. The number of rotatable bonds is 7. The zero-order valence-electron chi connectivity index (χ0n) is 16.7. The van der Waals surface area contributed by atoms with E-state index in [-0.39, 0.29) is 23.6 Å². The number of benzene rings is 1. The summed E-state index contributed by atoms with van der Waals surface area (Å²) in [6.45, 7) is 2.64. The van der Waals surface area contributed by atoms with Crippen molar-refractivity contribution >= 4 is 23.2 Å². The van der Waals surface area contributed by atoms with Gasteiger partial charge < -0.3 is 19.4 Å². The highest BCUT2D eigenvalue weighted by atomic mass is 35.5. The van der Waals surface area contributed by atoms with Crippen LogP contribution in [-0.4, -0.2) is 42.7 Å². The second kappa shape index (κ2) is 9.80. The summed E-state index contributed by atoms with van der Waals surface area (Å²) < 4.78 is 12.2. The van der Waals surface area contributed by atoms with Crippen molar-refractivity contribution < 1.29 is 14.3 Å². The van der Waals surface area contributed by atoms with Gasteiger partial charge >= 0.3 is 0 Å². The summed E-state index contributed by atoms with van der Waals surface area (Å²) >= 11 is 6.04. The van der Waals surface area contributed by atoms with Crippen molar-refractivity contribution in [1.29, 1.82) is 0 Å². The Labute approximate surface area is 175 Å². The Hall–Kier alpha value is -2.51. The maximum Gasteiger partial charge on any atom is 0.244 e. The second-order valence-electron chi connectivity index (χ2n) is 7.05. The Morgan fingerprint density at radius 2 is 1.83 bits per heavy atom. The Morgan fingerprint density at radius 3 is 2.52 bits per heavy atom. The average Bonchev–Trinajstić information content (AvgIpc) is 2.71. The maximum atomic E-state index is 12.7. The largest absolute Gasteiger partial charge is 0.495 e. The minimum Gasteiger partial charge on any atom is -0.495 e. The molecule has 1 amide bonds. The zero-order chi connectivity index (χ0) is 20.8. The van der Waals surface area contributed by atoms with Gasteiger partial charge in [-0.15, -0.1) is 0 Å². The number of hydrogen-bond donors (Lipinski definition) is 1. The molecule has 1 aromatic carbocycles. The van der Waals surface area contributed by atoms with Gasteiger partial charge in [-0.25, -0.2) is 0 Å². The summed E-state index contributed by atoms with van der Waals surface area (Å²) in [5.74, 6) is 0.477. The number of carbonyl (C=O) groups is 1. The molecule has 1 N–H and O–H groups in total. The molecule has 0 radical (unpaired) electrons. The lowest BCUT2D eigenvalue weighted by molar-refractivity contribution is -0.116. The Kier molecular flexibility index (Phi) is 7.17. The van der Waals surface area contributed by atoms with E-state index >= 15 is 0 Å². The Morgan fingerprint density at radius 1 is 1.10 bits per heavy atom. The van der Waals surface area contributed by atoms with Crippen LogP contribution in [0.5, 0.6) is 11.5 Å². The number of hydrogen-bond acceptors (Lipinski definition) is 5. The molecule has 156 valence electrons. The monoisotopic (exact) mass is 419 g/mol. The molecule has 29 heavy (non-hydrogen) atoms. The summed E-state index contributed by atoms with van der Waals surface area (Å²) in [6, 6.07) is 6.58. The second-order valence-corrected chi connectivity index (χ2v) is 7.49. The highest BCUT2D eigenvalue weighted by Crippen LogP contribution is 2.27.